The van der Waals surface area contributed by atoms with E-state index in [9.17, 15) is 18.0 Å². The Morgan fingerprint density at radius 2 is 1.54 bits per heavy atom. The van der Waals surface area contributed by atoms with Crippen molar-refractivity contribution in [3.05, 3.63) is 88.9 Å². The second-order valence-electron chi connectivity index (χ2n) is 5.56. The van der Waals surface area contributed by atoms with Crippen molar-refractivity contribution in [3.8, 4) is 11.1 Å². The van der Waals surface area contributed by atoms with Gasteiger partial charge in [-0.05, 0) is 35.4 Å². The average Bonchev–Trinajstić information content (AvgIpc) is 2.63. The normalized spacial score (nSPS) is 11.2. The van der Waals surface area contributed by atoms with Crippen LogP contribution in [0.4, 0.5) is 18.9 Å². The van der Waals surface area contributed by atoms with Gasteiger partial charge < -0.3 is 5.32 Å². The minimum atomic E-state index is -4.52. The Bertz CT molecular complexity index is 939. The van der Waals surface area contributed by atoms with Crippen LogP contribution in [0.1, 0.15) is 15.9 Å². The molecule has 2 nitrogen and oxygen atoms in total. The van der Waals surface area contributed by atoms with Crippen LogP contribution in [0, 0.1) is 0 Å². The highest BCUT2D eigenvalue weighted by Crippen LogP contribution is 2.34. The van der Waals surface area contributed by atoms with E-state index >= 15 is 0 Å². The van der Waals surface area contributed by atoms with Gasteiger partial charge in [0.15, 0.2) is 0 Å². The van der Waals surface area contributed by atoms with Crippen LogP contribution >= 0.6 is 11.6 Å². The fourth-order valence-electron chi connectivity index (χ4n) is 2.54. The van der Waals surface area contributed by atoms with Gasteiger partial charge in [-0.25, -0.2) is 0 Å². The predicted molar refractivity (Wildman–Crippen MR) is 96.3 cm³/mol. The molecule has 0 spiro atoms. The summed E-state index contributed by atoms with van der Waals surface area (Å²) in [5.74, 6) is -0.536. The van der Waals surface area contributed by atoms with Crippen LogP contribution in [-0.2, 0) is 6.18 Å². The largest absolute Gasteiger partial charge is 0.416 e. The SMILES string of the molecule is O=C(Nc1cc(C(F)(F)F)ccc1Cl)c1ccccc1-c1ccccc1. The maximum absolute atomic E-state index is 12.9. The zero-order valence-electron chi connectivity index (χ0n) is 13.3. The van der Waals surface area contributed by atoms with E-state index in [-0.39, 0.29) is 10.7 Å². The molecule has 0 saturated heterocycles. The summed E-state index contributed by atoms with van der Waals surface area (Å²) in [4.78, 5) is 12.7. The van der Waals surface area contributed by atoms with Crippen molar-refractivity contribution in [2.75, 3.05) is 5.32 Å². The molecule has 0 saturated carbocycles. The van der Waals surface area contributed by atoms with Crippen molar-refractivity contribution in [3.63, 3.8) is 0 Å². The number of hydrogen-bond donors (Lipinski definition) is 1. The van der Waals surface area contributed by atoms with Gasteiger partial charge in [-0.2, -0.15) is 13.2 Å². The molecule has 0 unspecified atom stereocenters. The van der Waals surface area contributed by atoms with Crippen molar-refractivity contribution in [2.45, 2.75) is 6.18 Å². The molecule has 26 heavy (non-hydrogen) atoms. The van der Waals surface area contributed by atoms with Crippen LogP contribution in [0.15, 0.2) is 72.8 Å². The maximum atomic E-state index is 12.9. The molecule has 0 bridgehead atoms. The van der Waals surface area contributed by atoms with Crippen LogP contribution in [0.3, 0.4) is 0 Å². The highest BCUT2D eigenvalue weighted by Gasteiger charge is 2.31. The standard InChI is InChI=1S/C20H13ClF3NO/c21-17-11-10-14(20(22,23)24)12-18(17)25-19(26)16-9-5-4-8-15(16)13-6-2-1-3-7-13/h1-12H,(H,25,26). The summed E-state index contributed by atoms with van der Waals surface area (Å²) in [5, 5.41) is 2.51. The summed E-state index contributed by atoms with van der Waals surface area (Å²) in [6.45, 7) is 0. The molecule has 0 heterocycles. The number of carbonyl (C=O) groups is 1. The van der Waals surface area contributed by atoms with Crippen molar-refractivity contribution in [1.82, 2.24) is 0 Å². The molecule has 3 aromatic carbocycles. The van der Waals surface area contributed by atoms with Crippen molar-refractivity contribution in [2.24, 2.45) is 0 Å². The first-order valence-corrected chi connectivity index (χ1v) is 8.06. The van der Waals surface area contributed by atoms with Crippen LogP contribution in [0.2, 0.25) is 5.02 Å². The number of alkyl halides is 3. The summed E-state index contributed by atoms with van der Waals surface area (Å²) in [6, 6.07) is 18.9. The lowest BCUT2D eigenvalue weighted by atomic mass is 9.99. The fourth-order valence-corrected chi connectivity index (χ4v) is 2.70. The fraction of sp³-hybridized carbons (Fsp3) is 0.0500. The molecule has 0 aliphatic heterocycles. The van der Waals surface area contributed by atoms with Crippen LogP contribution in [0.5, 0.6) is 0 Å². The van der Waals surface area contributed by atoms with Gasteiger partial charge in [0, 0.05) is 5.56 Å². The number of carbonyl (C=O) groups excluding carboxylic acids is 1. The molecule has 3 rings (SSSR count). The molecule has 132 valence electrons. The average molecular weight is 376 g/mol. The molecule has 0 aliphatic carbocycles. The number of nitrogens with one attached hydrogen (secondary N) is 1. The molecule has 1 N–H and O–H groups in total. The third kappa shape index (κ3) is 3.89. The Hall–Kier alpha value is -2.79. The Kier molecular flexibility index (Phi) is 5.00. The van der Waals surface area contributed by atoms with E-state index < -0.39 is 17.6 Å². The van der Waals surface area contributed by atoms with Gasteiger partial charge in [0.05, 0.1) is 16.3 Å². The van der Waals surface area contributed by atoms with Gasteiger partial charge in [-0.3, -0.25) is 4.79 Å². The predicted octanol–water partition coefficient (Wildman–Crippen LogP) is 6.28. The molecular weight excluding hydrogens is 363 g/mol. The number of hydrogen-bond acceptors (Lipinski definition) is 1. The molecular formula is C20H13ClF3NO. The molecule has 3 aromatic rings. The zero-order valence-corrected chi connectivity index (χ0v) is 14.1. The van der Waals surface area contributed by atoms with E-state index in [0.717, 1.165) is 23.8 Å². The van der Waals surface area contributed by atoms with E-state index in [0.29, 0.717) is 11.1 Å². The summed E-state index contributed by atoms with van der Waals surface area (Å²) >= 11 is 5.95. The Morgan fingerprint density at radius 3 is 2.23 bits per heavy atom. The summed E-state index contributed by atoms with van der Waals surface area (Å²) in [7, 11) is 0. The Labute approximate surface area is 153 Å². The lowest BCUT2D eigenvalue weighted by molar-refractivity contribution is -0.137. The molecule has 6 heteroatoms. The molecule has 0 aliphatic rings. The molecule has 0 aromatic heterocycles. The lowest BCUT2D eigenvalue weighted by Gasteiger charge is -2.13. The number of halogens is 4. The quantitative estimate of drug-likeness (QED) is 0.573. The summed E-state index contributed by atoms with van der Waals surface area (Å²) < 4.78 is 38.7. The second kappa shape index (κ2) is 7.22. The van der Waals surface area contributed by atoms with E-state index in [1.165, 1.54) is 0 Å². The minimum absolute atomic E-state index is 0.0311. The zero-order chi connectivity index (χ0) is 18.7. The van der Waals surface area contributed by atoms with Gasteiger partial charge in [-0.1, -0.05) is 60.1 Å². The van der Waals surface area contributed by atoms with Crippen LogP contribution in [-0.4, -0.2) is 5.91 Å². The van der Waals surface area contributed by atoms with E-state index in [1.807, 2.05) is 30.3 Å². The monoisotopic (exact) mass is 375 g/mol. The third-order valence-electron chi connectivity index (χ3n) is 3.80. The lowest BCUT2D eigenvalue weighted by Crippen LogP contribution is -2.14. The van der Waals surface area contributed by atoms with Gasteiger partial charge in [-0.15, -0.1) is 0 Å². The number of anilines is 1. The van der Waals surface area contributed by atoms with Crippen molar-refractivity contribution in [1.29, 1.82) is 0 Å². The Balaban J connectivity index is 1.95. The van der Waals surface area contributed by atoms with E-state index in [1.54, 1.807) is 24.3 Å². The topological polar surface area (TPSA) is 29.1 Å². The third-order valence-corrected chi connectivity index (χ3v) is 4.13. The molecule has 0 fully saturated rings. The van der Waals surface area contributed by atoms with Gasteiger partial charge in [0.2, 0.25) is 0 Å². The maximum Gasteiger partial charge on any atom is 0.416 e. The first-order chi connectivity index (χ1) is 12.4. The van der Waals surface area contributed by atoms with Crippen molar-refractivity contribution < 1.29 is 18.0 Å². The van der Waals surface area contributed by atoms with Gasteiger partial charge in [0.25, 0.3) is 5.91 Å². The number of amides is 1. The first-order valence-electron chi connectivity index (χ1n) is 7.69. The van der Waals surface area contributed by atoms with E-state index in [4.69, 9.17) is 11.6 Å². The van der Waals surface area contributed by atoms with Crippen LogP contribution in [0.25, 0.3) is 11.1 Å². The van der Waals surface area contributed by atoms with Gasteiger partial charge >= 0.3 is 6.18 Å². The van der Waals surface area contributed by atoms with Crippen molar-refractivity contribution >= 4 is 23.2 Å². The molecule has 1 amide bonds. The molecule has 0 atom stereocenters. The smallest absolute Gasteiger partial charge is 0.321 e. The second-order valence-corrected chi connectivity index (χ2v) is 5.97. The summed E-state index contributed by atoms with van der Waals surface area (Å²) in [6.07, 6.45) is -4.52. The minimum Gasteiger partial charge on any atom is -0.321 e. The number of rotatable bonds is 3. The molecule has 0 radical (unpaired) electrons. The highest BCUT2D eigenvalue weighted by molar-refractivity contribution is 6.34. The highest BCUT2D eigenvalue weighted by atomic mass is 35.5. The Morgan fingerprint density at radius 1 is 0.885 bits per heavy atom. The van der Waals surface area contributed by atoms with E-state index in [2.05, 4.69) is 5.32 Å². The summed E-state index contributed by atoms with van der Waals surface area (Å²) in [5.41, 5.74) is 0.872. The van der Waals surface area contributed by atoms with Gasteiger partial charge in [0.1, 0.15) is 0 Å². The first kappa shape index (κ1) is 18.0. The van der Waals surface area contributed by atoms with Crippen LogP contribution < -0.4 is 5.32 Å². The number of benzene rings is 3.